The number of nitrogens with zero attached hydrogens (tertiary/aromatic N) is 1. The maximum Gasteiger partial charge on any atom is 0.216 e. The number of amides is 1. The average Bonchev–Trinajstić information content (AvgIpc) is 2.51. The fourth-order valence-electron chi connectivity index (χ4n) is 0.978. The highest BCUT2D eigenvalue weighted by Gasteiger charge is 2.06. The molecule has 0 radical (unpaired) electrons. The summed E-state index contributed by atoms with van der Waals surface area (Å²) in [5, 5.41) is 11.4. The van der Waals surface area contributed by atoms with Gasteiger partial charge in [0.25, 0.3) is 0 Å². The molecule has 0 saturated carbocycles. The van der Waals surface area contributed by atoms with Crippen molar-refractivity contribution in [2.24, 2.45) is 0 Å². The van der Waals surface area contributed by atoms with E-state index in [-0.39, 0.29) is 12.5 Å². The molecule has 1 rings (SSSR count). The summed E-state index contributed by atoms with van der Waals surface area (Å²) in [5.41, 5.74) is 0.533. The lowest BCUT2D eigenvalue weighted by Crippen LogP contribution is -2.22. The average molecular weight is 184 g/mol. The summed E-state index contributed by atoms with van der Waals surface area (Å²) in [6.45, 7) is 1.82. The van der Waals surface area contributed by atoms with Gasteiger partial charge in [-0.15, -0.1) is 0 Å². The van der Waals surface area contributed by atoms with Crippen LogP contribution in [0.25, 0.3) is 0 Å². The van der Waals surface area contributed by atoms with Crippen LogP contribution in [0.2, 0.25) is 0 Å². The molecular formula is C8H12N2O3. The maximum absolute atomic E-state index is 10.5. The van der Waals surface area contributed by atoms with Crippen LogP contribution < -0.4 is 5.32 Å². The molecule has 1 amide bonds. The Labute approximate surface area is 75.8 Å². The van der Waals surface area contributed by atoms with Crippen molar-refractivity contribution in [3.63, 3.8) is 0 Å². The van der Waals surface area contributed by atoms with Crippen LogP contribution in [-0.4, -0.2) is 22.5 Å². The fraction of sp³-hybridized carbons (Fsp3) is 0.500. The lowest BCUT2D eigenvalue weighted by atomic mass is 10.2. The first kappa shape index (κ1) is 9.73. The van der Waals surface area contributed by atoms with Crippen molar-refractivity contribution in [1.29, 1.82) is 0 Å². The molecule has 1 heterocycles. The van der Waals surface area contributed by atoms with Crippen LogP contribution in [0.15, 0.2) is 10.8 Å². The summed E-state index contributed by atoms with van der Waals surface area (Å²) < 4.78 is 5.01. The van der Waals surface area contributed by atoms with E-state index in [1.165, 1.54) is 13.3 Å². The maximum atomic E-state index is 10.5. The third kappa shape index (κ3) is 2.87. The van der Waals surface area contributed by atoms with Gasteiger partial charge in [-0.05, 0) is 0 Å². The van der Waals surface area contributed by atoms with E-state index in [9.17, 15) is 4.79 Å². The van der Waals surface area contributed by atoms with E-state index in [4.69, 9.17) is 9.52 Å². The van der Waals surface area contributed by atoms with Crippen molar-refractivity contribution in [3.8, 4) is 0 Å². The number of aliphatic hydroxyl groups is 1. The van der Waals surface area contributed by atoms with Gasteiger partial charge in [0, 0.05) is 19.9 Å². The second-order valence-electron chi connectivity index (χ2n) is 2.61. The van der Waals surface area contributed by atoms with E-state index >= 15 is 0 Å². The second-order valence-corrected chi connectivity index (χ2v) is 2.61. The first-order valence-corrected chi connectivity index (χ1v) is 4.00. The predicted molar refractivity (Wildman–Crippen MR) is 44.8 cm³/mol. The normalized spacial score (nSPS) is 10.0. The van der Waals surface area contributed by atoms with Crippen molar-refractivity contribution in [1.82, 2.24) is 10.3 Å². The van der Waals surface area contributed by atoms with Crippen LogP contribution in [0, 0.1) is 0 Å². The Balaban J connectivity index is 2.40. The zero-order valence-electron chi connectivity index (χ0n) is 7.41. The molecule has 1 aromatic heterocycles. The molecule has 13 heavy (non-hydrogen) atoms. The summed E-state index contributed by atoms with van der Waals surface area (Å²) >= 11 is 0. The van der Waals surface area contributed by atoms with Crippen molar-refractivity contribution >= 4 is 5.91 Å². The first-order valence-electron chi connectivity index (χ1n) is 4.00. The van der Waals surface area contributed by atoms with Crippen LogP contribution in [0.1, 0.15) is 18.4 Å². The third-order valence-corrected chi connectivity index (χ3v) is 1.60. The van der Waals surface area contributed by atoms with Crippen LogP contribution in [-0.2, 0) is 17.8 Å². The van der Waals surface area contributed by atoms with Gasteiger partial charge in [-0.25, -0.2) is 4.98 Å². The van der Waals surface area contributed by atoms with E-state index in [2.05, 4.69) is 10.3 Å². The monoisotopic (exact) mass is 184 g/mol. The van der Waals surface area contributed by atoms with Crippen molar-refractivity contribution in [2.45, 2.75) is 20.0 Å². The van der Waals surface area contributed by atoms with E-state index in [0.29, 0.717) is 24.4 Å². The minimum Gasteiger partial charge on any atom is -0.448 e. The van der Waals surface area contributed by atoms with Gasteiger partial charge in [-0.2, -0.15) is 0 Å². The van der Waals surface area contributed by atoms with Gasteiger partial charge >= 0.3 is 0 Å². The van der Waals surface area contributed by atoms with Gasteiger partial charge in [0.15, 0.2) is 6.39 Å². The van der Waals surface area contributed by atoms with Gasteiger partial charge in [0.1, 0.15) is 11.5 Å². The number of carbonyl (C=O) groups excluding carboxylic acids is 1. The summed E-state index contributed by atoms with van der Waals surface area (Å²) in [6, 6.07) is 0. The zero-order chi connectivity index (χ0) is 9.68. The number of hydrogen-bond donors (Lipinski definition) is 2. The molecule has 0 aliphatic carbocycles. The molecule has 1 aromatic rings. The Hall–Kier alpha value is -1.36. The Morgan fingerprint density at radius 3 is 3.15 bits per heavy atom. The largest absolute Gasteiger partial charge is 0.448 e. The number of hydrogen-bond acceptors (Lipinski definition) is 4. The SMILES string of the molecule is CC(=O)NCCc1ocnc1CO. The molecule has 0 bridgehead atoms. The van der Waals surface area contributed by atoms with Crippen molar-refractivity contribution in [3.05, 3.63) is 17.8 Å². The highest BCUT2D eigenvalue weighted by molar-refractivity contribution is 5.72. The molecule has 0 aliphatic rings. The number of aliphatic hydroxyl groups excluding tert-OH is 1. The summed E-state index contributed by atoms with van der Waals surface area (Å²) in [7, 11) is 0. The van der Waals surface area contributed by atoms with Crippen LogP contribution in [0.4, 0.5) is 0 Å². The lowest BCUT2D eigenvalue weighted by molar-refractivity contribution is -0.118. The smallest absolute Gasteiger partial charge is 0.216 e. The van der Waals surface area contributed by atoms with E-state index in [0.717, 1.165) is 0 Å². The van der Waals surface area contributed by atoms with Crippen LogP contribution in [0.3, 0.4) is 0 Å². The minimum atomic E-state index is -0.133. The highest BCUT2D eigenvalue weighted by atomic mass is 16.3. The van der Waals surface area contributed by atoms with E-state index < -0.39 is 0 Å². The molecule has 0 atom stereocenters. The highest BCUT2D eigenvalue weighted by Crippen LogP contribution is 2.06. The second kappa shape index (κ2) is 4.61. The van der Waals surface area contributed by atoms with E-state index in [1.807, 2.05) is 0 Å². The summed E-state index contributed by atoms with van der Waals surface area (Å²) in [4.78, 5) is 14.3. The Morgan fingerprint density at radius 1 is 1.77 bits per heavy atom. The van der Waals surface area contributed by atoms with Gasteiger partial charge in [0.2, 0.25) is 5.91 Å². The Kier molecular flexibility index (Phi) is 3.45. The number of oxazole rings is 1. The predicted octanol–water partition coefficient (Wildman–Crippen LogP) is -0.155. The van der Waals surface area contributed by atoms with Crippen LogP contribution in [0.5, 0.6) is 0 Å². The first-order chi connectivity index (χ1) is 6.24. The van der Waals surface area contributed by atoms with Gasteiger partial charge < -0.3 is 14.8 Å². The molecule has 0 fully saturated rings. The molecule has 2 N–H and O–H groups in total. The van der Waals surface area contributed by atoms with Crippen LogP contribution >= 0.6 is 0 Å². The molecule has 5 heteroatoms. The number of aromatic nitrogens is 1. The summed E-state index contributed by atoms with van der Waals surface area (Å²) in [5.74, 6) is 0.543. The Bertz CT molecular complexity index is 283. The van der Waals surface area contributed by atoms with Crippen molar-refractivity contribution < 1.29 is 14.3 Å². The van der Waals surface area contributed by atoms with E-state index in [1.54, 1.807) is 0 Å². The molecular weight excluding hydrogens is 172 g/mol. The number of carbonyl (C=O) groups is 1. The molecule has 0 saturated heterocycles. The molecule has 72 valence electrons. The van der Waals surface area contributed by atoms with Gasteiger partial charge in [-0.3, -0.25) is 4.79 Å². The number of rotatable bonds is 4. The minimum absolute atomic E-state index is 0.0786. The standard InChI is InChI=1S/C8H12N2O3/c1-6(12)9-3-2-8-7(4-11)10-5-13-8/h5,11H,2-4H2,1H3,(H,9,12). The molecule has 0 aliphatic heterocycles. The number of nitrogens with one attached hydrogen (secondary N) is 1. The quantitative estimate of drug-likeness (QED) is 0.682. The summed E-state index contributed by atoms with van der Waals surface area (Å²) in [6.07, 6.45) is 1.84. The third-order valence-electron chi connectivity index (χ3n) is 1.60. The lowest BCUT2D eigenvalue weighted by Gasteiger charge is -1.99. The Morgan fingerprint density at radius 2 is 2.54 bits per heavy atom. The molecule has 0 unspecified atom stereocenters. The molecule has 0 aromatic carbocycles. The zero-order valence-corrected chi connectivity index (χ0v) is 7.41. The fourth-order valence-corrected chi connectivity index (χ4v) is 0.978. The molecule has 0 spiro atoms. The topological polar surface area (TPSA) is 75.4 Å². The molecule has 5 nitrogen and oxygen atoms in total. The van der Waals surface area contributed by atoms with Gasteiger partial charge in [0.05, 0.1) is 6.61 Å². The van der Waals surface area contributed by atoms with Crippen molar-refractivity contribution in [2.75, 3.05) is 6.54 Å². The van der Waals surface area contributed by atoms with Gasteiger partial charge in [-0.1, -0.05) is 0 Å².